The zero-order chi connectivity index (χ0) is 19.1. The average molecular weight is 434 g/mol. The molecule has 1 atom stereocenters. The van der Waals surface area contributed by atoms with Gasteiger partial charge in [0.15, 0.2) is 0 Å². The zero-order valence-electron chi connectivity index (χ0n) is 15.1. The number of aliphatic hydroxyl groups excluding tert-OH is 1. The second-order valence-corrected chi connectivity index (χ2v) is 7.43. The van der Waals surface area contributed by atoms with Crippen molar-refractivity contribution >= 4 is 39.2 Å². The Hall–Kier alpha value is -2.19. The maximum absolute atomic E-state index is 12.1. The van der Waals surface area contributed by atoms with Crippen molar-refractivity contribution in [2.45, 2.75) is 31.7 Å². The Morgan fingerprint density at radius 1 is 1.26 bits per heavy atom. The number of nitrogens with zero attached hydrogens (tertiary/aromatic N) is 3. The van der Waals surface area contributed by atoms with Crippen LogP contribution in [0.15, 0.2) is 41.1 Å². The molecule has 1 aliphatic heterocycles. The monoisotopic (exact) mass is 433 g/mol. The molecule has 1 aliphatic rings. The van der Waals surface area contributed by atoms with Crippen LogP contribution < -0.4 is 15.5 Å². The number of benzene rings is 1. The molecule has 1 aromatic carbocycles. The van der Waals surface area contributed by atoms with E-state index in [1.165, 1.54) is 6.33 Å². The lowest BCUT2D eigenvalue weighted by molar-refractivity contribution is -0.115. The molecule has 2 heterocycles. The van der Waals surface area contributed by atoms with Gasteiger partial charge in [0.05, 0.1) is 12.6 Å². The fraction of sp³-hybridized carbons (Fsp3) is 0.421. The van der Waals surface area contributed by atoms with Gasteiger partial charge in [-0.3, -0.25) is 4.79 Å². The van der Waals surface area contributed by atoms with Gasteiger partial charge in [0, 0.05) is 35.7 Å². The van der Waals surface area contributed by atoms with Crippen LogP contribution in [0, 0.1) is 0 Å². The van der Waals surface area contributed by atoms with Crippen molar-refractivity contribution in [1.82, 2.24) is 9.97 Å². The molecule has 1 fully saturated rings. The number of halogens is 1. The van der Waals surface area contributed by atoms with E-state index >= 15 is 0 Å². The van der Waals surface area contributed by atoms with E-state index in [0.717, 1.165) is 41.8 Å². The van der Waals surface area contributed by atoms with E-state index in [0.29, 0.717) is 18.8 Å². The van der Waals surface area contributed by atoms with Crippen LogP contribution in [0.2, 0.25) is 0 Å². The number of amides is 1. The summed E-state index contributed by atoms with van der Waals surface area (Å²) in [6.07, 6.45) is 5.05. The molecule has 0 aliphatic carbocycles. The summed E-state index contributed by atoms with van der Waals surface area (Å²) in [5.41, 5.74) is 0.771. The van der Waals surface area contributed by atoms with Crippen LogP contribution in [0.4, 0.5) is 17.3 Å². The highest BCUT2D eigenvalue weighted by Crippen LogP contribution is 2.24. The maximum atomic E-state index is 12.1. The van der Waals surface area contributed by atoms with Crippen molar-refractivity contribution in [2.75, 3.05) is 35.2 Å². The van der Waals surface area contributed by atoms with Crippen LogP contribution in [-0.2, 0) is 4.79 Å². The van der Waals surface area contributed by atoms with E-state index in [2.05, 4.69) is 41.4 Å². The second-order valence-electron chi connectivity index (χ2n) is 6.52. The van der Waals surface area contributed by atoms with Gasteiger partial charge < -0.3 is 20.6 Å². The third-order valence-electron chi connectivity index (χ3n) is 4.57. The molecule has 3 rings (SSSR count). The van der Waals surface area contributed by atoms with Gasteiger partial charge >= 0.3 is 0 Å². The Kier molecular flexibility index (Phi) is 7.00. The smallest absolute Gasteiger partial charge is 0.226 e. The summed E-state index contributed by atoms with van der Waals surface area (Å²) in [5, 5.41) is 15.6. The van der Waals surface area contributed by atoms with Crippen molar-refractivity contribution in [3.05, 3.63) is 41.1 Å². The number of piperidine rings is 1. The van der Waals surface area contributed by atoms with Crippen LogP contribution in [0.1, 0.15) is 25.7 Å². The summed E-state index contributed by atoms with van der Waals surface area (Å²) >= 11 is 3.37. The minimum absolute atomic E-state index is 0.0597. The number of anilines is 3. The SMILES string of the molecule is O=C(CCNc1cc(N2CCCCC2CO)ncn1)Nc1ccc(Br)cc1. The first-order valence-electron chi connectivity index (χ1n) is 9.14. The number of aliphatic hydroxyl groups is 1. The van der Waals surface area contributed by atoms with Crippen molar-refractivity contribution in [1.29, 1.82) is 0 Å². The van der Waals surface area contributed by atoms with Gasteiger partial charge in [-0.05, 0) is 43.5 Å². The number of hydrogen-bond acceptors (Lipinski definition) is 6. The summed E-state index contributed by atoms with van der Waals surface area (Å²) in [5.74, 6) is 1.43. The first kappa shape index (κ1) is 19.6. The predicted molar refractivity (Wildman–Crippen MR) is 110 cm³/mol. The third-order valence-corrected chi connectivity index (χ3v) is 5.10. The molecule has 27 heavy (non-hydrogen) atoms. The van der Waals surface area contributed by atoms with Gasteiger partial charge in [-0.1, -0.05) is 15.9 Å². The fourth-order valence-corrected chi connectivity index (χ4v) is 3.42. The molecule has 0 saturated carbocycles. The van der Waals surface area contributed by atoms with Crippen LogP contribution in [-0.4, -0.2) is 46.7 Å². The van der Waals surface area contributed by atoms with E-state index in [-0.39, 0.29) is 18.6 Å². The molecular weight excluding hydrogens is 410 g/mol. The lowest BCUT2D eigenvalue weighted by Gasteiger charge is -2.35. The van der Waals surface area contributed by atoms with Gasteiger partial charge in [-0.2, -0.15) is 0 Å². The average Bonchev–Trinajstić information content (AvgIpc) is 2.70. The zero-order valence-corrected chi connectivity index (χ0v) is 16.7. The van der Waals surface area contributed by atoms with Gasteiger partial charge in [-0.15, -0.1) is 0 Å². The Bertz CT molecular complexity index is 756. The van der Waals surface area contributed by atoms with Gasteiger partial charge in [0.25, 0.3) is 0 Å². The van der Waals surface area contributed by atoms with Crippen molar-refractivity contribution in [3.8, 4) is 0 Å². The largest absolute Gasteiger partial charge is 0.394 e. The number of hydrogen-bond donors (Lipinski definition) is 3. The predicted octanol–water partition coefficient (Wildman–Crippen LogP) is 3.03. The fourth-order valence-electron chi connectivity index (χ4n) is 3.15. The molecule has 3 N–H and O–H groups in total. The minimum atomic E-state index is -0.0597. The van der Waals surface area contributed by atoms with Crippen LogP contribution in [0.25, 0.3) is 0 Å². The Morgan fingerprint density at radius 3 is 2.85 bits per heavy atom. The Morgan fingerprint density at radius 2 is 2.07 bits per heavy atom. The standard InChI is InChI=1S/C19H24BrN5O2/c20-14-4-6-15(7-5-14)24-19(27)8-9-21-17-11-18(23-13-22-17)25-10-2-1-3-16(25)12-26/h4-7,11,13,16,26H,1-3,8-10,12H2,(H,24,27)(H,21,22,23). The van der Waals surface area contributed by atoms with E-state index in [1.54, 1.807) is 0 Å². The molecule has 0 spiro atoms. The minimum Gasteiger partial charge on any atom is -0.394 e. The first-order chi connectivity index (χ1) is 13.2. The quantitative estimate of drug-likeness (QED) is 0.621. The van der Waals surface area contributed by atoms with Gasteiger partial charge in [-0.25, -0.2) is 9.97 Å². The highest BCUT2D eigenvalue weighted by Gasteiger charge is 2.23. The number of nitrogens with one attached hydrogen (secondary N) is 2. The first-order valence-corrected chi connectivity index (χ1v) is 9.94. The third kappa shape index (κ3) is 5.64. The molecule has 8 heteroatoms. The summed E-state index contributed by atoms with van der Waals surface area (Å²) in [6.45, 7) is 1.49. The number of carbonyl (C=O) groups is 1. The molecule has 1 amide bonds. The van der Waals surface area contributed by atoms with E-state index in [1.807, 2.05) is 30.3 Å². The molecule has 144 valence electrons. The van der Waals surface area contributed by atoms with Crippen LogP contribution >= 0.6 is 15.9 Å². The topological polar surface area (TPSA) is 90.4 Å². The highest BCUT2D eigenvalue weighted by molar-refractivity contribution is 9.10. The van der Waals surface area contributed by atoms with Crippen LogP contribution in [0.5, 0.6) is 0 Å². The molecule has 0 radical (unpaired) electrons. The number of rotatable bonds is 7. The summed E-state index contributed by atoms with van der Waals surface area (Å²) in [4.78, 5) is 22.8. The van der Waals surface area contributed by atoms with Crippen molar-refractivity contribution in [2.24, 2.45) is 0 Å². The summed E-state index contributed by atoms with van der Waals surface area (Å²) < 4.78 is 0.971. The van der Waals surface area contributed by atoms with Gasteiger partial charge in [0.1, 0.15) is 18.0 Å². The Balaban J connectivity index is 1.51. The van der Waals surface area contributed by atoms with Crippen LogP contribution in [0.3, 0.4) is 0 Å². The summed E-state index contributed by atoms with van der Waals surface area (Å²) in [7, 11) is 0. The molecule has 1 aromatic heterocycles. The molecule has 2 aromatic rings. The maximum Gasteiger partial charge on any atom is 0.226 e. The Labute approximate surface area is 167 Å². The normalized spacial score (nSPS) is 16.8. The van der Waals surface area contributed by atoms with Crippen molar-refractivity contribution in [3.63, 3.8) is 0 Å². The molecule has 7 nitrogen and oxygen atoms in total. The molecule has 1 saturated heterocycles. The van der Waals surface area contributed by atoms with Gasteiger partial charge in [0.2, 0.25) is 5.91 Å². The lowest BCUT2D eigenvalue weighted by Crippen LogP contribution is -2.42. The van der Waals surface area contributed by atoms with E-state index < -0.39 is 0 Å². The summed E-state index contributed by atoms with van der Waals surface area (Å²) in [6, 6.07) is 9.45. The molecular formula is C19H24BrN5O2. The van der Waals surface area contributed by atoms with E-state index in [4.69, 9.17) is 0 Å². The van der Waals surface area contributed by atoms with Crippen molar-refractivity contribution < 1.29 is 9.90 Å². The molecule has 0 bridgehead atoms. The number of carbonyl (C=O) groups excluding carboxylic acids is 1. The van der Waals surface area contributed by atoms with E-state index in [9.17, 15) is 9.90 Å². The molecule has 1 unspecified atom stereocenters. The number of aromatic nitrogens is 2. The second kappa shape index (κ2) is 9.66. The lowest BCUT2D eigenvalue weighted by atomic mass is 10.0. The highest BCUT2D eigenvalue weighted by atomic mass is 79.9.